The number of aromatic nitrogens is 1. The Morgan fingerprint density at radius 1 is 1.23 bits per heavy atom. The van der Waals surface area contributed by atoms with Crippen molar-refractivity contribution < 1.29 is 29.9 Å². The minimum Gasteiger partial charge on any atom is -0.507 e. The second-order valence-corrected chi connectivity index (χ2v) is 6.66. The van der Waals surface area contributed by atoms with Crippen molar-refractivity contribution >= 4 is 25.0 Å². The van der Waals surface area contributed by atoms with Gasteiger partial charge in [-0.25, -0.2) is 9.79 Å². The molecule has 0 aliphatic heterocycles. The van der Waals surface area contributed by atoms with Crippen molar-refractivity contribution in [2.75, 3.05) is 0 Å². The van der Waals surface area contributed by atoms with Gasteiger partial charge in [0.15, 0.2) is 11.5 Å². The first-order valence-corrected chi connectivity index (χ1v) is 8.78. The Bertz CT molecular complexity index is 951. The van der Waals surface area contributed by atoms with Crippen LogP contribution in [0.15, 0.2) is 47.7 Å². The molecule has 0 aliphatic carbocycles. The first kappa shape index (κ1) is 22.7. The van der Waals surface area contributed by atoms with E-state index >= 15 is 0 Å². The monoisotopic (exact) mass is 415 g/mol. The number of aromatic carboxylic acids is 1. The molecule has 1 amide bonds. The third-order valence-electron chi connectivity index (χ3n) is 4.50. The number of rotatable bonds is 8. The van der Waals surface area contributed by atoms with E-state index in [2.05, 4.69) is 15.3 Å². The summed E-state index contributed by atoms with van der Waals surface area (Å²) in [6, 6.07) is 7.05. The molecular weight excluding hydrogens is 393 g/mol. The molecule has 2 unspecified atom stereocenters. The van der Waals surface area contributed by atoms with Crippen LogP contribution in [0.5, 0.6) is 5.75 Å². The fourth-order valence-corrected chi connectivity index (χ4v) is 2.89. The molecule has 30 heavy (non-hydrogen) atoms. The molecule has 0 radical (unpaired) electrons. The Balaban J connectivity index is 2.36. The number of carboxylic acids is 1. The van der Waals surface area contributed by atoms with Gasteiger partial charge in [0.1, 0.15) is 11.3 Å². The second kappa shape index (κ2) is 9.24. The summed E-state index contributed by atoms with van der Waals surface area (Å²) >= 11 is 0. The molecule has 1 heterocycles. The van der Waals surface area contributed by atoms with Crippen LogP contribution in [-0.4, -0.2) is 56.1 Å². The number of aromatic hydroxyl groups is 1. The summed E-state index contributed by atoms with van der Waals surface area (Å²) in [6.07, 6.45) is 2.61. The van der Waals surface area contributed by atoms with Crippen LogP contribution in [0.4, 0.5) is 0 Å². The molecule has 0 aliphatic rings. The molecule has 9 N–H and O–H groups in total. The Morgan fingerprint density at radius 2 is 1.87 bits per heavy atom. The lowest BCUT2D eigenvalue weighted by molar-refractivity contribution is -0.126. The van der Waals surface area contributed by atoms with E-state index in [4.69, 9.17) is 16.6 Å². The molecule has 1 aromatic carbocycles. The molecule has 0 bridgehead atoms. The topological polar surface area (TPSA) is 204 Å². The lowest BCUT2D eigenvalue weighted by Crippen LogP contribution is -2.53. The minimum absolute atomic E-state index is 0.0979. The van der Waals surface area contributed by atoms with Crippen LogP contribution in [0, 0.1) is 0 Å². The number of aliphatic imine (C=N–C) groups is 1. The van der Waals surface area contributed by atoms with Crippen molar-refractivity contribution in [3.05, 3.63) is 59.4 Å². The maximum atomic E-state index is 13.0. The maximum absolute atomic E-state index is 13.0. The number of para-hydroxylation sites is 1. The quantitative estimate of drug-likeness (QED) is 0.155. The number of amides is 1. The predicted molar refractivity (Wildman–Crippen MR) is 108 cm³/mol. The van der Waals surface area contributed by atoms with Gasteiger partial charge in [-0.2, -0.15) is 0 Å². The number of carbonyl (C=O) groups excluding carboxylic acids is 1. The molecule has 1 aromatic heterocycles. The number of pyridine rings is 1. The van der Waals surface area contributed by atoms with Crippen LogP contribution in [0.2, 0.25) is 0 Å². The number of hydrogen-bond acceptors (Lipinski definition) is 7. The highest BCUT2D eigenvalue weighted by atomic mass is 16.4. The highest BCUT2D eigenvalue weighted by molar-refractivity contribution is 6.43. The van der Waals surface area contributed by atoms with E-state index in [1.165, 1.54) is 49.6 Å². The number of nitrogens with one attached hydrogen (secondary N) is 1. The number of nitrogens with zero attached hydrogens (tertiary/aromatic N) is 2. The average molecular weight is 415 g/mol. The number of benzene rings is 1. The minimum atomic E-state index is -2.03. The van der Waals surface area contributed by atoms with Gasteiger partial charge in [-0.15, -0.1) is 0 Å². The van der Waals surface area contributed by atoms with E-state index in [0.717, 1.165) is 0 Å². The van der Waals surface area contributed by atoms with Crippen molar-refractivity contribution in [2.24, 2.45) is 16.5 Å². The number of nitrogens with two attached hydrogens (primary N) is 2. The van der Waals surface area contributed by atoms with Gasteiger partial charge in [0, 0.05) is 12.4 Å². The van der Waals surface area contributed by atoms with Crippen molar-refractivity contribution in [1.29, 1.82) is 0 Å². The molecule has 12 heteroatoms. The molecule has 2 rings (SSSR count). The van der Waals surface area contributed by atoms with Crippen LogP contribution >= 0.6 is 0 Å². The predicted octanol–water partition coefficient (Wildman–Crippen LogP) is -1.29. The van der Waals surface area contributed by atoms with E-state index < -0.39 is 36.2 Å². The summed E-state index contributed by atoms with van der Waals surface area (Å²) in [4.78, 5) is 32.1. The van der Waals surface area contributed by atoms with Gasteiger partial charge >= 0.3 is 13.1 Å². The van der Waals surface area contributed by atoms with Gasteiger partial charge in [-0.3, -0.25) is 9.78 Å². The highest BCUT2D eigenvalue weighted by Gasteiger charge is 2.38. The Labute approximate surface area is 172 Å². The lowest BCUT2D eigenvalue weighted by Gasteiger charge is -2.28. The summed E-state index contributed by atoms with van der Waals surface area (Å²) in [5.41, 5.74) is 9.48. The van der Waals surface area contributed by atoms with Crippen LogP contribution in [0.25, 0.3) is 0 Å². The van der Waals surface area contributed by atoms with Gasteiger partial charge in [0.2, 0.25) is 0 Å². The summed E-state index contributed by atoms with van der Waals surface area (Å²) in [5, 5.41) is 41.3. The molecule has 2 atom stereocenters. The van der Waals surface area contributed by atoms with Gasteiger partial charge in [-0.1, -0.05) is 12.1 Å². The van der Waals surface area contributed by atoms with Crippen molar-refractivity contribution in [3.63, 3.8) is 0 Å². The van der Waals surface area contributed by atoms with Crippen molar-refractivity contribution in [2.45, 2.75) is 24.8 Å². The number of carbonyl (C=O) groups is 2. The van der Waals surface area contributed by atoms with Crippen molar-refractivity contribution in [3.8, 4) is 5.75 Å². The summed E-state index contributed by atoms with van der Waals surface area (Å²) in [5.74, 6) is -4.31. The normalized spacial score (nSPS) is 13.6. The van der Waals surface area contributed by atoms with Crippen molar-refractivity contribution in [1.82, 2.24) is 10.3 Å². The van der Waals surface area contributed by atoms with E-state index in [9.17, 15) is 24.7 Å². The van der Waals surface area contributed by atoms with Gasteiger partial charge in [0.25, 0.3) is 5.91 Å². The average Bonchev–Trinajstić information content (AvgIpc) is 2.68. The molecule has 0 saturated heterocycles. The van der Waals surface area contributed by atoms with Crippen LogP contribution < -0.4 is 16.8 Å². The first-order chi connectivity index (χ1) is 14.1. The SMILES string of the molecule is CC(N=C(N)N)(C(=O)NC(Cc1cccc(C(=O)O)c1O)B(O)O)c1ccncc1. The molecular formula is C18H22BN5O6. The summed E-state index contributed by atoms with van der Waals surface area (Å²) < 4.78 is 0. The Morgan fingerprint density at radius 3 is 2.40 bits per heavy atom. The summed E-state index contributed by atoms with van der Waals surface area (Å²) in [6.45, 7) is 1.43. The third kappa shape index (κ3) is 5.04. The van der Waals surface area contributed by atoms with Gasteiger partial charge in [-0.05, 0) is 42.7 Å². The summed E-state index contributed by atoms with van der Waals surface area (Å²) in [7, 11) is -2.03. The van der Waals surface area contributed by atoms with E-state index in [1.807, 2.05) is 0 Å². The maximum Gasteiger partial charge on any atom is 0.475 e. The van der Waals surface area contributed by atoms with Gasteiger partial charge < -0.3 is 37.0 Å². The zero-order chi connectivity index (χ0) is 22.5. The number of phenols is 1. The molecule has 0 saturated carbocycles. The Kier molecular flexibility index (Phi) is 6.98. The standard InChI is InChI=1S/C18H22BN5O6/c1-18(24-17(20)21,11-5-7-22-8-6-11)16(28)23-13(19(29)30)9-10-3-2-4-12(14(10)25)15(26)27/h2-8,13,25,29-30H,9H2,1H3,(H,23,28)(H,26,27)(H4,20,21,24). The van der Waals surface area contributed by atoms with E-state index in [-0.39, 0.29) is 23.5 Å². The number of carboxylic acid groups (broad SMARTS) is 1. The second-order valence-electron chi connectivity index (χ2n) is 6.66. The van der Waals surface area contributed by atoms with Gasteiger partial charge in [0.05, 0.1) is 5.94 Å². The fourth-order valence-electron chi connectivity index (χ4n) is 2.89. The van der Waals surface area contributed by atoms with Crippen LogP contribution in [0.3, 0.4) is 0 Å². The van der Waals surface area contributed by atoms with E-state index in [1.54, 1.807) is 0 Å². The molecule has 0 fully saturated rings. The highest BCUT2D eigenvalue weighted by Crippen LogP contribution is 2.27. The molecule has 158 valence electrons. The lowest BCUT2D eigenvalue weighted by atomic mass is 9.75. The Hall–Kier alpha value is -3.64. The third-order valence-corrected chi connectivity index (χ3v) is 4.50. The number of guanidine groups is 1. The largest absolute Gasteiger partial charge is 0.507 e. The van der Waals surface area contributed by atoms with E-state index in [0.29, 0.717) is 5.56 Å². The zero-order valence-corrected chi connectivity index (χ0v) is 16.1. The molecule has 0 spiro atoms. The smallest absolute Gasteiger partial charge is 0.475 e. The molecule has 11 nitrogen and oxygen atoms in total. The zero-order valence-electron chi connectivity index (χ0n) is 16.1. The van der Waals surface area contributed by atoms with Crippen LogP contribution in [-0.2, 0) is 16.8 Å². The first-order valence-electron chi connectivity index (χ1n) is 8.78. The fraction of sp³-hybridized carbons (Fsp3) is 0.222. The number of hydrogen-bond donors (Lipinski definition) is 7. The molecule has 2 aromatic rings. The van der Waals surface area contributed by atoms with Crippen LogP contribution in [0.1, 0.15) is 28.4 Å².